The fourth-order valence-corrected chi connectivity index (χ4v) is 1.43. The molecule has 0 aromatic heterocycles. The monoisotopic (exact) mass is 168 g/mol. The van der Waals surface area contributed by atoms with E-state index in [1.165, 1.54) is 6.92 Å². The highest BCUT2D eigenvalue weighted by atomic mass is 16.2. The van der Waals surface area contributed by atoms with E-state index >= 15 is 0 Å². The minimum atomic E-state index is -1.02. The van der Waals surface area contributed by atoms with Gasteiger partial charge in [-0.2, -0.15) is 0 Å². The van der Waals surface area contributed by atoms with Crippen molar-refractivity contribution in [2.75, 3.05) is 0 Å². The molecule has 3 heteroatoms. The topological polar surface area (TPSA) is 51.2 Å². The molecule has 0 aromatic rings. The molecule has 0 saturated heterocycles. The predicted molar refractivity (Wildman–Crippen MR) is 42.7 cm³/mol. The average molecular weight is 168 g/mol. The van der Waals surface area contributed by atoms with E-state index in [9.17, 15) is 14.4 Å². The largest absolute Gasteiger partial charge is 0.300 e. The van der Waals surface area contributed by atoms with E-state index < -0.39 is 5.41 Å². The molecule has 1 aliphatic carbocycles. The summed E-state index contributed by atoms with van der Waals surface area (Å²) in [5, 5.41) is 0. The molecule has 0 N–H and O–H groups in total. The average Bonchev–Trinajstić information content (AvgIpc) is 1.97. The van der Waals surface area contributed by atoms with Crippen molar-refractivity contribution in [3.05, 3.63) is 0 Å². The summed E-state index contributed by atoms with van der Waals surface area (Å²) >= 11 is 0. The number of carbonyl (C=O) groups is 3. The number of hydrogen-bond donors (Lipinski definition) is 0. The Balaban J connectivity index is 2.92. The SMILES string of the molecule is CC(=O)C1(C)CC(=O)CCC1=O. The van der Waals surface area contributed by atoms with Crippen LogP contribution in [0.15, 0.2) is 0 Å². The molecule has 0 bridgehead atoms. The normalized spacial score (nSPS) is 30.5. The van der Waals surface area contributed by atoms with Crippen LogP contribution in [0.1, 0.15) is 33.1 Å². The lowest BCUT2D eigenvalue weighted by atomic mass is 9.71. The third-order valence-electron chi connectivity index (χ3n) is 2.57. The number of carbonyl (C=O) groups excluding carboxylic acids is 3. The molecule has 1 atom stereocenters. The highest BCUT2D eigenvalue weighted by molar-refractivity contribution is 6.11. The van der Waals surface area contributed by atoms with Gasteiger partial charge in [0, 0.05) is 19.3 Å². The van der Waals surface area contributed by atoms with Crippen molar-refractivity contribution in [3.8, 4) is 0 Å². The van der Waals surface area contributed by atoms with Gasteiger partial charge in [-0.15, -0.1) is 0 Å². The predicted octanol–water partition coefficient (Wildman–Crippen LogP) is 0.904. The van der Waals surface area contributed by atoms with Crippen molar-refractivity contribution in [1.29, 1.82) is 0 Å². The summed E-state index contributed by atoms with van der Waals surface area (Å²) in [6, 6.07) is 0. The van der Waals surface area contributed by atoms with Gasteiger partial charge in [-0.25, -0.2) is 0 Å². The zero-order chi connectivity index (χ0) is 9.35. The smallest absolute Gasteiger partial charge is 0.147 e. The molecule has 0 radical (unpaired) electrons. The van der Waals surface area contributed by atoms with Gasteiger partial charge in [-0.1, -0.05) is 0 Å². The van der Waals surface area contributed by atoms with Gasteiger partial charge in [0.15, 0.2) is 0 Å². The first-order valence-electron chi connectivity index (χ1n) is 4.03. The van der Waals surface area contributed by atoms with Crippen LogP contribution in [0.25, 0.3) is 0 Å². The van der Waals surface area contributed by atoms with E-state index in [2.05, 4.69) is 0 Å². The lowest BCUT2D eigenvalue weighted by Gasteiger charge is -2.27. The molecule has 12 heavy (non-hydrogen) atoms. The maximum atomic E-state index is 11.3. The summed E-state index contributed by atoms with van der Waals surface area (Å²) in [4.78, 5) is 33.5. The standard InChI is InChI=1S/C9H12O3/c1-6(10)9(2)5-7(11)3-4-8(9)12/h3-5H2,1-2H3. The lowest BCUT2D eigenvalue weighted by molar-refractivity contribution is -0.146. The Hall–Kier alpha value is -0.990. The molecule has 0 heterocycles. The van der Waals surface area contributed by atoms with Crippen LogP contribution >= 0.6 is 0 Å². The van der Waals surface area contributed by atoms with Crippen molar-refractivity contribution < 1.29 is 14.4 Å². The molecule has 0 aliphatic heterocycles. The Labute approximate surface area is 71.1 Å². The fourth-order valence-electron chi connectivity index (χ4n) is 1.43. The van der Waals surface area contributed by atoms with E-state index in [1.807, 2.05) is 0 Å². The van der Waals surface area contributed by atoms with Crippen LogP contribution in [0.3, 0.4) is 0 Å². The number of Topliss-reactive ketones (excluding diaryl/α,β-unsaturated/α-hetero) is 3. The van der Waals surface area contributed by atoms with Crippen LogP contribution in [0.2, 0.25) is 0 Å². The van der Waals surface area contributed by atoms with Gasteiger partial charge < -0.3 is 0 Å². The highest BCUT2D eigenvalue weighted by Gasteiger charge is 2.42. The summed E-state index contributed by atoms with van der Waals surface area (Å²) < 4.78 is 0. The Bertz CT molecular complexity index is 254. The molecular weight excluding hydrogens is 156 g/mol. The first kappa shape index (κ1) is 9.10. The van der Waals surface area contributed by atoms with Crippen LogP contribution in [0, 0.1) is 5.41 Å². The molecule has 1 rings (SSSR count). The summed E-state index contributed by atoms with van der Waals surface area (Å²) in [5.41, 5.74) is -1.02. The quantitative estimate of drug-likeness (QED) is 0.547. The van der Waals surface area contributed by atoms with Crippen molar-refractivity contribution in [1.82, 2.24) is 0 Å². The molecule has 66 valence electrons. The van der Waals surface area contributed by atoms with Gasteiger partial charge in [0.05, 0.1) is 5.41 Å². The van der Waals surface area contributed by atoms with Gasteiger partial charge in [-0.05, 0) is 13.8 Å². The molecule has 1 aliphatic rings. The van der Waals surface area contributed by atoms with Crippen molar-refractivity contribution in [2.24, 2.45) is 5.41 Å². The van der Waals surface area contributed by atoms with Gasteiger partial charge in [0.25, 0.3) is 0 Å². The zero-order valence-electron chi connectivity index (χ0n) is 7.35. The van der Waals surface area contributed by atoms with Gasteiger partial charge >= 0.3 is 0 Å². The Kier molecular flexibility index (Phi) is 2.13. The fraction of sp³-hybridized carbons (Fsp3) is 0.667. The Morgan fingerprint density at radius 3 is 2.33 bits per heavy atom. The Morgan fingerprint density at radius 2 is 1.92 bits per heavy atom. The first-order chi connectivity index (χ1) is 5.47. The van der Waals surface area contributed by atoms with Crippen LogP contribution in [-0.2, 0) is 14.4 Å². The van der Waals surface area contributed by atoms with Crippen molar-refractivity contribution in [3.63, 3.8) is 0 Å². The maximum Gasteiger partial charge on any atom is 0.147 e. The third kappa shape index (κ3) is 1.31. The summed E-state index contributed by atoms with van der Waals surface area (Å²) in [7, 11) is 0. The molecule has 3 nitrogen and oxygen atoms in total. The molecule has 0 amide bonds. The van der Waals surface area contributed by atoms with E-state index in [4.69, 9.17) is 0 Å². The second-order valence-electron chi connectivity index (χ2n) is 3.53. The van der Waals surface area contributed by atoms with E-state index in [0.29, 0.717) is 6.42 Å². The minimum absolute atomic E-state index is 0.0206. The van der Waals surface area contributed by atoms with E-state index in [1.54, 1.807) is 6.92 Å². The molecular formula is C9H12O3. The molecule has 0 spiro atoms. The van der Waals surface area contributed by atoms with Gasteiger partial charge in [0.1, 0.15) is 17.3 Å². The van der Waals surface area contributed by atoms with Crippen LogP contribution < -0.4 is 0 Å². The molecule has 1 fully saturated rings. The number of hydrogen-bond acceptors (Lipinski definition) is 3. The number of rotatable bonds is 1. The van der Waals surface area contributed by atoms with Gasteiger partial charge in [0.2, 0.25) is 0 Å². The summed E-state index contributed by atoms with van der Waals surface area (Å²) in [6.07, 6.45) is 0.637. The van der Waals surface area contributed by atoms with Crippen LogP contribution in [0.5, 0.6) is 0 Å². The Morgan fingerprint density at radius 1 is 1.33 bits per heavy atom. The summed E-state index contributed by atoms with van der Waals surface area (Å²) in [5.74, 6) is -0.262. The summed E-state index contributed by atoms with van der Waals surface area (Å²) in [6.45, 7) is 2.94. The molecule has 0 aromatic carbocycles. The maximum absolute atomic E-state index is 11.3. The zero-order valence-corrected chi connectivity index (χ0v) is 7.35. The van der Waals surface area contributed by atoms with Gasteiger partial charge in [-0.3, -0.25) is 14.4 Å². The second-order valence-corrected chi connectivity index (χ2v) is 3.53. The minimum Gasteiger partial charge on any atom is -0.300 e. The molecule has 1 saturated carbocycles. The van der Waals surface area contributed by atoms with E-state index in [0.717, 1.165) is 0 Å². The second kappa shape index (κ2) is 2.81. The highest BCUT2D eigenvalue weighted by Crippen LogP contribution is 2.31. The van der Waals surface area contributed by atoms with E-state index in [-0.39, 0.29) is 30.2 Å². The first-order valence-corrected chi connectivity index (χ1v) is 4.03. The molecule has 1 unspecified atom stereocenters. The van der Waals surface area contributed by atoms with Crippen molar-refractivity contribution in [2.45, 2.75) is 33.1 Å². The third-order valence-corrected chi connectivity index (χ3v) is 2.57. The van der Waals surface area contributed by atoms with Crippen molar-refractivity contribution >= 4 is 17.3 Å². The lowest BCUT2D eigenvalue weighted by Crippen LogP contribution is -2.40. The number of ketones is 3. The van der Waals surface area contributed by atoms with Crippen LogP contribution in [-0.4, -0.2) is 17.3 Å². The van der Waals surface area contributed by atoms with Crippen LogP contribution in [0.4, 0.5) is 0 Å².